The van der Waals surface area contributed by atoms with Gasteiger partial charge in [-0.2, -0.15) is 5.10 Å². The Morgan fingerprint density at radius 1 is 1.28 bits per heavy atom. The van der Waals surface area contributed by atoms with E-state index in [9.17, 15) is 9.59 Å². The van der Waals surface area contributed by atoms with E-state index < -0.39 is 11.3 Å². The molecule has 0 aromatic carbocycles. The standard InChI is InChI=1S/C16H22N6O2S/c1-10(14(23)21-16(24)20-11-6-4-3-5-7-11)25-15-12-8-19-22(2)13(12)17-9-18-15/h8-11H,3-7H2,1-2H3,(H2,20,21,23,24). The van der Waals surface area contributed by atoms with Gasteiger partial charge in [-0.3, -0.25) is 14.8 Å². The van der Waals surface area contributed by atoms with Crippen molar-refractivity contribution in [2.45, 2.75) is 55.3 Å². The quantitative estimate of drug-likeness (QED) is 0.637. The SMILES string of the molecule is CC(Sc1ncnc2c1cnn2C)C(=O)NC(=O)NC1CCCCC1. The van der Waals surface area contributed by atoms with Crippen molar-refractivity contribution in [1.29, 1.82) is 0 Å². The number of amides is 3. The summed E-state index contributed by atoms with van der Waals surface area (Å²) in [6, 6.07) is -0.250. The number of imide groups is 1. The molecule has 1 aliphatic rings. The maximum Gasteiger partial charge on any atom is 0.321 e. The summed E-state index contributed by atoms with van der Waals surface area (Å²) in [7, 11) is 1.80. The molecule has 0 spiro atoms. The van der Waals surface area contributed by atoms with Crippen molar-refractivity contribution in [3.05, 3.63) is 12.5 Å². The van der Waals surface area contributed by atoms with Crippen molar-refractivity contribution < 1.29 is 9.59 Å². The monoisotopic (exact) mass is 362 g/mol. The normalized spacial score (nSPS) is 16.6. The van der Waals surface area contributed by atoms with Gasteiger partial charge < -0.3 is 5.32 Å². The number of hydrogen-bond donors (Lipinski definition) is 2. The number of aromatic nitrogens is 4. The molecule has 8 nitrogen and oxygen atoms in total. The molecule has 25 heavy (non-hydrogen) atoms. The Bertz CT molecular complexity index is 771. The molecule has 2 heterocycles. The fourth-order valence-electron chi connectivity index (χ4n) is 2.94. The van der Waals surface area contributed by atoms with Gasteiger partial charge in [0.25, 0.3) is 0 Å². The Morgan fingerprint density at radius 3 is 2.80 bits per heavy atom. The first-order valence-corrected chi connectivity index (χ1v) is 9.33. The fourth-order valence-corrected chi connectivity index (χ4v) is 3.82. The molecule has 0 saturated heterocycles. The second-order valence-corrected chi connectivity index (χ2v) is 7.57. The number of urea groups is 1. The number of aryl methyl sites for hydroxylation is 1. The summed E-state index contributed by atoms with van der Waals surface area (Å²) < 4.78 is 1.66. The zero-order valence-corrected chi connectivity index (χ0v) is 15.2. The lowest BCUT2D eigenvalue weighted by Crippen LogP contribution is -2.47. The molecular weight excluding hydrogens is 340 g/mol. The molecule has 1 aliphatic carbocycles. The summed E-state index contributed by atoms with van der Waals surface area (Å²) >= 11 is 1.29. The summed E-state index contributed by atoms with van der Waals surface area (Å²) in [5, 5.41) is 10.5. The lowest BCUT2D eigenvalue weighted by Gasteiger charge is -2.23. The molecule has 1 saturated carbocycles. The van der Waals surface area contributed by atoms with Crippen LogP contribution in [0.1, 0.15) is 39.0 Å². The van der Waals surface area contributed by atoms with Crippen LogP contribution in [0.2, 0.25) is 0 Å². The van der Waals surface area contributed by atoms with Crippen LogP contribution in [0.15, 0.2) is 17.6 Å². The number of carbonyl (C=O) groups excluding carboxylic acids is 2. The average molecular weight is 362 g/mol. The Balaban J connectivity index is 1.57. The maximum atomic E-state index is 12.3. The first kappa shape index (κ1) is 17.7. The summed E-state index contributed by atoms with van der Waals surface area (Å²) in [5.74, 6) is -0.339. The van der Waals surface area contributed by atoms with Gasteiger partial charge in [-0.1, -0.05) is 31.0 Å². The van der Waals surface area contributed by atoms with E-state index in [2.05, 4.69) is 25.7 Å². The lowest BCUT2D eigenvalue weighted by molar-refractivity contribution is -0.119. The van der Waals surface area contributed by atoms with Crippen molar-refractivity contribution in [3.63, 3.8) is 0 Å². The highest BCUT2D eigenvalue weighted by Crippen LogP contribution is 2.27. The van der Waals surface area contributed by atoms with E-state index in [0.717, 1.165) is 31.1 Å². The highest BCUT2D eigenvalue weighted by Gasteiger charge is 2.21. The molecule has 1 unspecified atom stereocenters. The minimum atomic E-state index is -0.463. The predicted molar refractivity (Wildman–Crippen MR) is 95.2 cm³/mol. The van der Waals surface area contributed by atoms with Crippen molar-refractivity contribution in [1.82, 2.24) is 30.4 Å². The molecule has 9 heteroatoms. The maximum absolute atomic E-state index is 12.3. The van der Waals surface area contributed by atoms with Crippen LogP contribution in [0.25, 0.3) is 11.0 Å². The van der Waals surface area contributed by atoms with Gasteiger partial charge >= 0.3 is 6.03 Å². The summed E-state index contributed by atoms with van der Waals surface area (Å²) in [6.45, 7) is 1.75. The number of hydrogen-bond acceptors (Lipinski definition) is 6. The molecule has 134 valence electrons. The largest absolute Gasteiger partial charge is 0.335 e. The minimum absolute atomic E-state index is 0.168. The van der Waals surface area contributed by atoms with Gasteiger partial charge in [0.15, 0.2) is 5.65 Å². The number of nitrogens with one attached hydrogen (secondary N) is 2. The third kappa shape index (κ3) is 4.28. The van der Waals surface area contributed by atoms with Crippen LogP contribution < -0.4 is 10.6 Å². The van der Waals surface area contributed by atoms with E-state index in [1.165, 1.54) is 24.5 Å². The highest BCUT2D eigenvalue weighted by molar-refractivity contribution is 8.00. The molecule has 2 aromatic rings. The van der Waals surface area contributed by atoms with Crippen LogP contribution in [0.3, 0.4) is 0 Å². The number of rotatable bonds is 4. The number of thioether (sulfide) groups is 1. The average Bonchev–Trinajstić information content (AvgIpc) is 2.98. The van der Waals surface area contributed by atoms with Gasteiger partial charge in [0, 0.05) is 13.1 Å². The predicted octanol–water partition coefficient (Wildman–Crippen LogP) is 2.00. The van der Waals surface area contributed by atoms with Gasteiger partial charge in [-0.05, 0) is 19.8 Å². The van der Waals surface area contributed by atoms with Gasteiger partial charge in [-0.25, -0.2) is 14.8 Å². The van der Waals surface area contributed by atoms with Crippen molar-refractivity contribution in [2.24, 2.45) is 7.05 Å². The van der Waals surface area contributed by atoms with E-state index in [4.69, 9.17) is 0 Å². The van der Waals surface area contributed by atoms with Crippen molar-refractivity contribution in [3.8, 4) is 0 Å². The molecular formula is C16H22N6O2S. The van der Waals surface area contributed by atoms with E-state index >= 15 is 0 Å². The lowest BCUT2D eigenvalue weighted by atomic mass is 9.96. The van der Waals surface area contributed by atoms with Crippen LogP contribution >= 0.6 is 11.8 Å². The van der Waals surface area contributed by atoms with Gasteiger partial charge in [0.1, 0.15) is 11.4 Å². The Hall–Kier alpha value is -2.16. The van der Waals surface area contributed by atoms with Crippen LogP contribution in [0, 0.1) is 0 Å². The fraction of sp³-hybridized carbons (Fsp3) is 0.562. The molecule has 3 rings (SSSR count). The molecule has 1 fully saturated rings. The zero-order valence-electron chi connectivity index (χ0n) is 14.4. The van der Waals surface area contributed by atoms with Gasteiger partial charge in [-0.15, -0.1) is 0 Å². The molecule has 2 aromatic heterocycles. The Morgan fingerprint density at radius 2 is 2.04 bits per heavy atom. The molecule has 0 radical (unpaired) electrons. The molecule has 0 aliphatic heterocycles. The van der Waals surface area contributed by atoms with Gasteiger partial charge in [0.2, 0.25) is 5.91 Å². The third-order valence-corrected chi connectivity index (χ3v) is 5.44. The molecule has 2 N–H and O–H groups in total. The number of fused-ring (bicyclic) bond motifs is 1. The summed E-state index contributed by atoms with van der Waals surface area (Å²) in [5.41, 5.74) is 0.708. The third-order valence-electron chi connectivity index (χ3n) is 4.33. The van der Waals surface area contributed by atoms with Crippen molar-refractivity contribution in [2.75, 3.05) is 0 Å². The Labute approximate surface area is 150 Å². The summed E-state index contributed by atoms with van der Waals surface area (Å²) in [4.78, 5) is 32.7. The zero-order chi connectivity index (χ0) is 17.8. The van der Waals surface area contributed by atoms with Crippen LogP contribution in [-0.4, -0.2) is 43.0 Å². The highest BCUT2D eigenvalue weighted by atomic mass is 32.2. The van der Waals surface area contributed by atoms with Crippen LogP contribution in [0.5, 0.6) is 0 Å². The van der Waals surface area contributed by atoms with E-state index in [0.29, 0.717) is 10.7 Å². The first-order chi connectivity index (χ1) is 12.0. The Kier molecular flexibility index (Phi) is 5.52. The second-order valence-electron chi connectivity index (χ2n) is 6.24. The van der Waals surface area contributed by atoms with E-state index in [-0.39, 0.29) is 11.9 Å². The topological polar surface area (TPSA) is 102 Å². The van der Waals surface area contributed by atoms with E-state index in [1.54, 1.807) is 24.9 Å². The molecule has 3 amide bonds. The van der Waals surface area contributed by atoms with Crippen LogP contribution in [-0.2, 0) is 11.8 Å². The smallest absolute Gasteiger partial charge is 0.321 e. The van der Waals surface area contributed by atoms with Crippen molar-refractivity contribution >= 4 is 34.7 Å². The van der Waals surface area contributed by atoms with E-state index in [1.807, 2.05) is 0 Å². The first-order valence-electron chi connectivity index (χ1n) is 8.45. The second kappa shape index (κ2) is 7.81. The molecule has 0 bridgehead atoms. The van der Waals surface area contributed by atoms with Gasteiger partial charge in [0.05, 0.1) is 16.8 Å². The molecule has 1 atom stereocenters. The number of nitrogens with zero attached hydrogens (tertiary/aromatic N) is 4. The summed E-state index contributed by atoms with van der Waals surface area (Å²) in [6.07, 6.45) is 8.55. The minimum Gasteiger partial charge on any atom is -0.335 e. The van der Waals surface area contributed by atoms with Crippen LogP contribution in [0.4, 0.5) is 4.79 Å². The number of carbonyl (C=O) groups is 2.